The second-order valence-electron chi connectivity index (χ2n) is 5.29. The van der Waals surface area contributed by atoms with Crippen LogP contribution in [0.15, 0.2) is 54.6 Å². The van der Waals surface area contributed by atoms with Crippen LogP contribution < -0.4 is 10.1 Å². The van der Waals surface area contributed by atoms with Crippen LogP contribution in [0.2, 0.25) is 0 Å². The highest BCUT2D eigenvalue weighted by molar-refractivity contribution is 7.20. The topological polar surface area (TPSA) is 38.3 Å². The molecule has 124 valence electrons. The summed E-state index contributed by atoms with van der Waals surface area (Å²) in [5.41, 5.74) is 0.811. The van der Waals surface area contributed by atoms with Gasteiger partial charge in [0.25, 0.3) is 5.91 Å². The maximum Gasteiger partial charge on any atom is 0.387 e. The van der Waals surface area contributed by atoms with Crippen LogP contribution in [0, 0.1) is 0 Å². The van der Waals surface area contributed by atoms with E-state index >= 15 is 0 Å². The Kier molecular flexibility index (Phi) is 4.76. The van der Waals surface area contributed by atoms with E-state index in [1.54, 1.807) is 12.1 Å². The number of rotatable bonds is 5. The molecule has 3 nitrogen and oxygen atoms in total. The number of fused-ring (bicyclic) bond motifs is 1. The third-order valence-electron chi connectivity index (χ3n) is 3.60. The molecule has 0 bridgehead atoms. The standard InChI is InChI=1S/C18H15F2NO2S/c1-11(12-6-8-14(9-7-12)23-18(19)20)21-17(22)16-10-13-4-2-3-5-15(13)24-16/h2-11,18H,1H3,(H,21,22). The first-order valence-electron chi connectivity index (χ1n) is 7.37. The molecule has 3 rings (SSSR count). The van der Waals surface area contributed by atoms with Crippen molar-refractivity contribution < 1.29 is 18.3 Å². The van der Waals surface area contributed by atoms with Crippen LogP contribution in [0.3, 0.4) is 0 Å². The number of alkyl halides is 2. The van der Waals surface area contributed by atoms with Gasteiger partial charge in [-0.15, -0.1) is 11.3 Å². The van der Waals surface area contributed by atoms with E-state index in [0.29, 0.717) is 4.88 Å². The monoisotopic (exact) mass is 347 g/mol. The summed E-state index contributed by atoms with van der Waals surface area (Å²) in [5, 5.41) is 3.95. The third kappa shape index (κ3) is 3.71. The van der Waals surface area contributed by atoms with E-state index in [2.05, 4.69) is 10.1 Å². The molecule has 0 spiro atoms. The molecule has 0 saturated heterocycles. The number of hydrogen-bond donors (Lipinski definition) is 1. The van der Waals surface area contributed by atoms with Crippen LogP contribution in [0.4, 0.5) is 8.78 Å². The highest BCUT2D eigenvalue weighted by Gasteiger charge is 2.14. The minimum Gasteiger partial charge on any atom is -0.435 e. The minimum atomic E-state index is -2.85. The van der Waals surface area contributed by atoms with Gasteiger partial charge in [0.05, 0.1) is 10.9 Å². The first-order valence-corrected chi connectivity index (χ1v) is 8.19. The molecule has 0 radical (unpaired) electrons. The zero-order valence-corrected chi connectivity index (χ0v) is 13.6. The number of ether oxygens (including phenoxy) is 1. The lowest BCUT2D eigenvalue weighted by Gasteiger charge is -2.14. The van der Waals surface area contributed by atoms with Crippen molar-refractivity contribution in [2.75, 3.05) is 0 Å². The van der Waals surface area contributed by atoms with Gasteiger partial charge in [-0.2, -0.15) is 8.78 Å². The summed E-state index contributed by atoms with van der Waals surface area (Å²) in [6.45, 7) is -1.00. The molecule has 1 unspecified atom stereocenters. The summed E-state index contributed by atoms with van der Waals surface area (Å²) in [6.07, 6.45) is 0. The van der Waals surface area contributed by atoms with E-state index in [0.717, 1.165) is 15.6 Å². The molecular formula is C18H15F2NO2S. The quantitative estimate of drug-likeness (QED) is 0.706. The summed E-state index contributed by atoms with van der Waals surface area (Å²) >= 11 is 1.44. The molecule has 6 heteroatoms. The number of carbonyl (C=O) groups is 1. The van der Waals surface area contributed by atoms with Crippen molar-refractivity contribution in [3.63, 3.8) is 0 Å². The molecule has 0 saturated carbocycles. The van der Waals surface area contributed by atoms with Crippen molar-refractivity contribution >= 4 is 27.3 Å². The highest BCUT2D eigenvalue weighted by atomic mass is 32.1. The third-order valence-corrected chi connectivity index (χ3v) is 4.72. The fourth-order valence-electron chi connectivity index (χ4n) is 2.38. The van der Waals surface area contributed by atoms with Gasteiger partial charge >= 0.3 is 6.61 Å². The number of thiophene rings is 1. The Balaban J connectivity index is 1.69. The SMILES string of the molecule is CC(NC(=O)c1cc2ccccc2s1)c1ccc(OC(F)F)cc1. The molecule has 1 atom stereocenters. The summed E-state index contributed by atoms with van der Waals surface area (Å²) in [7, 11) is 0. The lowest BCUT2D eigenvalue weighted by molar-refractivity contribution is -0.0498. The molecule has 0 aliphatic rings. The predicted molar refractivity (Wildman–Crippen MR) is 90.8 cm³/mol. The molecule has 0 fully saturated rings. The summed E-state index contributed by atoms with van der Waals surface area (Å²) in [6, 6.07) is 15.7. The van der Waals surface area contributed by atoms with Gasteiger partial charge in [-0.25, -0.2) is 0 Å². The zero-order chi connectivity index (χ0) is 17.1. The molecule has 3 aromatic rings. The van der Waals surface area contributed by atoms with Gasteiger partial charge in [-0.3, -0.25) is 4.79 Å². The minimum absolute atomic E-state index is 0.0942. The first kappa shape index (κ1) is 16.4. The van der Waals surface area contributed by atoms with Gasteiger partial charge in [0, 0.05) is 4.70 Å². The average Bonchev–Trinajstić information content (AvgIpc) is 2.99. The maximum atomic E-state index is 12.4. The van der Waals surface area contributed by atoms with Crippen LogP contribution in [-0.2, 0) is 0 Å². The lowest BCUT2D eigenvalue weighted by atomic mass is 10.1. The van der Waals surface area contributed by atoms with Gasteiger partial charge < -0.3 is 10.1 Å². The number of amides is 1. The summed E-state index contributed by atoms with van der Waals surface area (Å²) < 4.78 is 29.7. The number of halogens is 2. The Hall–Kier alpha value is -2.47. The van der Waals surface area contributed by atoms with Crippen LogP contribution in [0.1, 0.15) is 28.2 Å². The maximum absolute atomic E-state index is 12.4. The Labute approximate surface area is 141 Å². The van der Waals surface area contributed by atoms with Crippen LogP contribution in [-0.4, -0.2) is 12.5 Å². The number of hydrogen-bond acceptors (Lipinski definition) is 3. The van der Waals surface area contributed by atoms with E-state index in [1.165, 1.54) is 23.5 Å². The molecule has 0 aliphatic heterocycles. The van der Waals surface area contributed by atoms with Gasteiger partial charge in [0.2, 0.25) is 0 Å². The normalized spacial score (nSPS) is 12.3. The Bertz CT molecular complexity index is 813. The smallest absolute Gasteiger partial charge is 0.387 e. The van der Waals surface area contributed by atoms with Crippen LogP contribution >= 0.6 is 11.3 Å². The zero-order valence-electron chi connectivity index (χ0n) is 12.8. The molecular weight excluding hydrogens is 332 g/mol. The van der Waals surface area contributed by atoms with Crippen LogP contribution in [0.25, 0.3) is 10.1 Å². The fourth-order valence-corrected chi connectivity index (χ4v) is 3.35. The van der Waals surface area contributed by atoms with Crippen molar-refractivity contribution in [2.24, 2.45) is 0 Å². The van der Waals surface area contributed by atoms with E-state index in [9.17, 15) is 13.6 Å². The van der Waals surface area contributed by atoms with Crippen molar-refractivity contribution in [2.45, 2.75) is 19.6 Å². The average molecular weight is 347 g/mol. The number of nitrogens with one attached hydrogen (secondary N) is 1. The largest absolute Gasteiger partial charge is 0.435 e. The number of benzene rings is 2. The van der Waals surface area contributed by atoms with E-state index in [4.69, 9.17) is 0 Å². The molecule has 2 aromatic carbocycles. The van der Waals surface area contributed by atoms with Gasteiger partial charge in [-0.1, -0.05) is 30.3 Å². The molecule has 0 aliphatic carbocycles. The molecule has 1 heterocycles. The molecule has 1 amide bonds. The predicted octanol–water partition coefficient (Wildman–Crippen LogP) is 4.99. The molecule has 24 heavy (non-hydrogen) atoms. The summed E-state index contributed by atoms with van der Waals surface area (Å²) in [5.74, 6) is -0.0617. The van der Waals surface area contributed by atoms with Gasteiger partial charge in [0.1, 0.15) is 5.75 Å². The molecule has 1 aromatic heterocycles. The second-order valence-corrected chi connectivity index (χ2v) is 6.37. The Morgan fingerprint density at radius 3 is 2.50 bits per heavy atom. The summed E-state index contributed by atoms with van der Waals surface area (Å²) in [4.78, 5) is 13.0. The van der Waals surface area contributed by atoms with E-state index < -0.39 is 6.61 Å². The first-order chi connectivity index (χ1) is 11.5. The Morgan fingerprint density at radius 1 is 1.12 bits per heavy atom. The van der Waals surface area contributed by atoms with Crippen molar-refractivity contribution in [1.82, 2.24) is 5.32 Å². The van der Waals surface area contributed by atoms with E-state index in [-0.39, 0.29) is 17.7 Å². The highest BCUT2D eigenvalue weighted by Crippen LogP contribution is 2.26. The van der Waals surface area contributed by atoms with Crippen molar-refractivity contribution in [3.8, 4) is 5.75 Å². The lowest BCUT2D eigenvalue weighted by Crippen LogP contribution is -2.25. The van der Waals surface area contributed by atoms with E-state index in [1.807, 2.05) is 37.3 Å². The van der Waals surface area contributed by atoms with Crippen molar-refractivity contribution in [1.29, 1.82) is 0 Å². The van der Waals surface area contributed by atoms with Gasteiger partial charge in [0.15, 0.2) is 0 Å². The second kappa shape index (κ2) is 6.97. The van der Waals surface area contributed by atoms with Crippen molar-refractivity contribution in [3.05, 3.63) is 65.0 Å². The van der Waals surface area contributed by atoms with Gasteiger partial charge in [-0.05, 0) is 42.1 Å². The fraction of sp³-hybridized carbons (Fsp3) is 0.167. The van der Waals surface area contributed by atoms with Crippen LogP contribution in [0.5, 0.6) is 5.75 Å². The number of carbonyl (C=O) groups excluding carboxylic acids is 1. The Morgan fingerprint density at radius 2 is 1.83 bits per heavy atom. The molecule has 1 N–H and O–H groups in total.